The molecule has 0 aliphatic carbocycles. The smallest absolute Gasteiger partial charge is 0.338 e. The Bertz CT molecular complexity index is 188. The predicted octanol–water partition coefficient (Wildman–Crippen LogP) is 1.07. The fraction of sp³-hybridized carbons (Fsp3) is 0.667. The molecule has 1 unspecified atom stereocenters. The van der Waals surface area contributed by atoms with Crippen LogP contribution in [0.1, 0.15) is 13.8 Å². The first kappa shape index (κ1) is 12.1. The molecule has 4 nitrogen and oxygen atoms in total. The molecule has 0 aromatic rings. The molecule has 0 saturated heterocycles. The van der Waals surface area contributed by atoms with Crippen molar-refractivity contribution in [3.05, 3.63) is 12.2 Å². The Morgan fingerprint density at radius 1 is 1.62 bits per heavy atom. The van der Waals surface area contributed by atoms with Gasteiger partial charge in [0.25, 0.3) is 0 Å². The zero-order valence-corrected chi connectivity index (χ0v) is 8.24. The quantitative estimate of drug-likeness (QED) is 0.633. The van der Waals surface area contributed by atoms with Gasteiger partial charge in [-0.1, -0.05) is 12.2 Å². The van der Waals surface area contributed by atoms with Gasteiger partial charge in [-0.05, 0) is 13.8 Å². The Morgan fingerprint density at radius 2 is 2.23 bits per heavy atom. The molecule has 0 amide bonds. The molecular weight excluding hydrogens is 172 g/mol. The molecule has 0 spiro atoms. The molecule has 4 heteroatoms. The lowest BCUT2D eigenvalue weighted by Crippen LogP contribution is -2.42. The molecule has 1 atom stereocenters. The van der Waals surface area contributed by atoms with Gasteiger partial charge in [-0.15, -0.1) is 0 Å². The maximum Gasteiger partial charge on any atom is 0.338 e. The van der Waals surface area contributed by atoms with Crippen LogP contribution in [0, 0.1) is 0 Å². The second kappa shape index (κ2) is 5.72. The number of aliphatic carboxylic acids is 1. The van der Waals surface area contributed by atoms with Crippen LogP contribution in [0.5, 0.6) is 0 Å². The number of allylic oxidation sites excluding steroid dienone is 1. The van der Waals surface area contributed by atoms with E-state index in [1.165, 1.54) is 14.0 Å². The average molecular weight is 188 g/mol. The van der Waals surface area contributed by atoms with Gasteiger partial charge in [0.2, 0.25) is 0 Å². The molecule has 0 aromatic heterocycles. The highest BCUT2D eigenvalue weighted by atomic mass is 16.6. The van der Waals surface area contributed by atoms with Crippen LogP contribution in [-0.4, -0.2) is 37.0 Å². The van der Waals surface area contributed by atoms with E-state index in [0.29, 0.717) is 0 Å². The van der Waals surface area contributed by atoms with E-state index >= 15 is 0 Å². The van der Waals surface area contributed by atoms with Gasteiger partial charge in [0.1, 0.15) is 0 Å². The minimum Gasteiger partial charge on any atom is -0.479 e. The molecule has 0 heterocycles. The second-order valence-corrected chi connectivity index (χ2v) is 2.85. The highest BCUT2D eigenvalue weighted by Gasteiger charge is 2.33. The lowest BCUT2D eigenvalue weighted by atomic mass is 10.1. The van der Waals surface area contributed by atoms with Crippen LogP contribution in [0.2, 0.25) is 0 Å². The van der Waals surface area contributed by atoms with E-state index in [4.69, 9.17) is 14.6 Å². The number of carboxylic acid groups (broad SMARTS) is 1. The van der Waals surface area contributed by atoms with Gasteiger partial charge < -0.3 is 14.6 Å². The van der Waals surface area contributed by atoms with Gasteiger partial charge in [-0.3, -0.25) is 0 Å². The number of ether oxygens (including phenoxy) is 2. The summed E-state index contributed by atoms with van der Waals surface area (Å²) in [7, 11) is 1.44. The monoisotopic (exact) mass is 188 g/mol. The van der Waals surface area contributed by atoms with E-state index in [-0.39, 0.29) is 13.2 Å². The number of carbonyl (C=O) groups is 1. The van der Waals surface area contributed by atoms with Crippen LogP contribution in [0.25, 0.3) is 0 Å². The van der Waals surface area contributed by atoms with Crippen molar-refractivity contribution < 1.29 is 19.4 Å². The van der Waals surface area contributed by atoms with Crippen LogP contribution in [0.15, 0.2) is 12.2 Å². The van der Waals surface area contributed by atoms with Gasteiger partial charge in [-0.25, -0.2) is 4.79 Å². The van der Waals surface area contributed by atoms with Crippen LogP contribution >= 0.6 is 0 Å². The maximum absolute atomic E-state index is 10.8. The third kappa shape index (κ3) is 4.05. The van der Waals surface area contributed by atoms with Crippen molar-refractivity contribution in [3.63, 3.8) is 0 Å². The first-order chi connectivity index (χ1) is 6.06. The molecule has 0 radical (unpaired) electrons. The zero-order chi connectivity index (χ0) is 10.3. The van der Waals surface area contributed by atoms with E-state index in [1.54, 1.807) is 12.2 Å². The number of hydrogen-bond donors (Lipinski definition) is 1. The highest BCUT2D eigenvalue weighted by molar-refractivity contribution is 5.77. The molecule has 0 aromatic carbocycles. The Morgan fingerprint density at radius 3 is 2.62 bits per heavy atom. The van der Waals surface area contributed by atoms with Crippen LogP contribution in [-0.2, 0) is 14.3 Å². The van der Waals surface area contributed by atoms with E-state index in [1.807, 2.05) is 6.92 Å². The standard InChI is InChI=1S/C9H16O4/c1-4-5-6-13-9(2,7-12-3)8(10)11/h4-5H,6-7H2,1-3H3,(H,10,11). The molecule has 0 rings (SSSR count). The van der Waals surface area contributed by atoms with Gasteiger partial charge in [-0.2, -0.15) is 0 Å². The fourth-order valence-electron chi connectivity index (χ4n) is 0.769. The molecule has 0 aliphatic rings. The van der Waals surface area contributed by atoms with Crippen LogP contribution in [0.3, 0.4) is 0 Å². The summed E-state index contributed by atoms with van der Waals surface area (Å²) >= 11 is 0. The van der Waals surface area contributed by atoms with Crippen molar-refractivity contribution in [2.24, 2.45) is 0 Å². The largest absolute Gasteiger partial charge is 0.479 e. The number of methoxy groups -OCH3 is 1. The first-order valence-electron chi connectivity index (χ1n) is 4.04. The van der Waals surface area contributed by atoms with Crippen molar-refractivity contribution >= 4 is 5.97 Å². The summed E-state index contributed by atoms with van der Waals surface area (Å²) in [5, 5.41) is 8.83. The van der Waals surface area contributed by atoms with E-state index < -0.39 is 11.6 Å². The average Bonchev–Trinajstić information content (AvgIpc) is 2.05. The molecule has 13 heavy (non-hydrogen) atoms. The van der Waals surface area contributed by atoms with E-state index in [9.17, 15) is 4.79 Å². The minimum absolute atomic E-state index is 0.0416. The molecule has 0 saturated carbocycles. The van der Waals surface area contributed by atoms with E-state index in [0.717, 1.165) is 0 Å². The molecular formula is C9H16O4. The van der Waals surface area contributed by atoms with Crippen molar-refractivity contribution in [2.75, 3.05) is 20.3 Å². The molecule has 1 N–H and O–H groups in total. The first-order valence-corrected chi connectivity index (χ1v) is 4.04. The normalized spacial score (nSPS) is 15.9. The SMILES string of the molecule is CC=CCOC(C)(COC)C(=O)O. The van der Waals surface area contributed by atoms with Crippen LogP contribution < -0.4 is 0 Å². The number of hydrogen-bond acceptors (Lipinski definition) is 3. The molecule has 0 aliphatic heterocycles. The summed E-state index contributed by atoms with van der Waals surface area (Å²) in [6, 6.07) is 0. The third-order valence-corrected chi connectivity index (χ3v) is 1.61. The Balaban J connectivity index is 4.15. The summed E-state index contributed by atoms with van der Waals surface area (Å²) in [5.74, 6) is -1.01. The lowest BCUT2D eigenvalue weighted by molar-refractivity contribution is -0.168. The third-order valence-electron chi connectivity index (χ3n) is 1.61. The summed E-state index contributed by atoms with van der Waals surface area (Å²) in [6.45, 7) is 3.66. The Labute approximate surface area is 78.2 Å². The second-order valence-electron chi connectivity index (χ2n) is 2.85. The summed E-state index contributed by atoms with van der Waals surface area (Å²) in [5.41, 5.74) is -1.26. The van der Waals surface area contributed by atoms with Crippen molar-refractivity contribution in [1.82, 2.24) is 0 Å². The summed E-state index contributed by atoms with van der Waals surface area (Å²) in [6.07, 6.45) is 3.55. The topological polar surface area (TPSA) is 55.8 Å². The Hall–Kier alpha value is -0.870. The van der Waals surface area contributed by atoms with E-state index in [2.05, 4.69) is 0 Å². The summed E-state index contributed by atoms with van der Waals surface area (Å²) in [4.78, 5) is 10.8. The van der Waals surface area contributed by atoms with Gasteiger partial charge in [0.05, 0.1) is 13.2 Å². The van der Waals surface area contributed by atoms with Gasteiger partial charge in [0.15, 0.2) is 5.60 Å². The van der Waals surface area contributed by atoms with Crippen molar-refractivity contribution in [3.8, 4) is 0 Å². The summed E-state index contributed by atoms with van der Waals surface area (Å²) < 4.78 is 9.93. The Kier molecular flexibility index (Phi) is 5.34. The molecule has 76 valence electrons. The molecule has 0 fully saturated rings. The minimum atomic E-state index is -1.26. The van der Waals surface area contributed by atoms with Gasteiger partial charge >= 0.3 is 5.97 Å². The molecule has 0 bridgehead atoms. The predicted molar refractivity (Wildman–Crippen MR) is 48.7 cm³/mol. The number of rotatable bonds is 6. The van der Waals surface area contributed by atoms with Gasteiger partial charge in [0, 0.05) is 7.11 Å². The van der Waals surface area contributed by atoms with Crippen molar-refractivity contribution in [2.45, 2.75) is 19.4 Å². The zero-order valence-electron chi connectivity index (χ0n) is 8.24. The number of carboxylic acids is 1. The highest BCUT2D eigenvalue weighted by Crippen LogP contribution is 2.10. The lowest BCUT2D eigenvalue weighted by Gasteiger charge is -2.23. The van der Waals surface area contributed by atoms with Crippen LogP contribution in [0.4, 0.5) is 0 Å². The maximum atomic E-state index is 10.8. The van der Waals surface area contributed by atoms with Crippen molar-refractivity contribution in [1.29, 1.82) is 0 Å². The fourth-order valence-corrected chi connectivity index (χ4v) is 0.769.